The van der Waals surface area contributed by atoms with Gasteiger partial charge in [-0.15, -0.1) is 0 Å². The van der Waals surface area contributed by atoms with Crippen molar-refractivity contribution in [3.05, 3.63) is 28.8 Å². The molecule has 2 unspecified atom stereocenters. The van der Waals surface area contributed by atoms with Crippen molar-refractivity contribution in [3.8, 4) is 0 Å². The topological polar surface area (TPSA) is 52.6 Å². The quantitative estimate of drug-likeness (QED) is 0.891. The molecule has 3 rings (SSSR count). The number of hydrogen-bond acceptors (Lipinski definition) is 3. The van der Waals surface area contributed by atoms with Crippen molar-refractivity contribution in [2.24, 2.45) is 5.92 Å². The van der Waals surface area contributed by atoms with Crippen LogP contribution in [0.5, 0.6) is 0 Å². The molecule has 1 saturated carbocycles. The minimum atomic E-state index is -0.495. The van der Waals surface area contributed by atoms with E-state index in [-0.39, 0.29) is 5.91 Å². The monoisotopic (exact) mass is 336 g/mol. The minimum absolute atomic E-state index is 0.0394. The molecule has 0 radical (unpaired) electrons. The number of aliphatic hydroxyl groups is 1. The molecule has 1 amide bonds. The van der Waals surface area contributed by atoms with Gasteiger partial charge in [-0.2, -0.15) is 0 Å². The highest BCUT2D eigenvalue weighted by atomic mass is 35.5. The third-order valence-electron chi connectivity index (χ3n) is 5.37. The zero-order chi connectivity index (χ0) is 16.4. The number of benzene rings is 1. The van der Waals surface area contributed by atoms with Gasteiger partial charge in [-0.3, -0.25) is 9.69 Å². The van der Waals surface area contributed by atoms with Crippen molar-refractivity contribution in [1.29, 1.82) is 0 Å². The Morgan fingerprint density at radius 3 is 3.04 bits per heavy atom. The van der Waals surface area contributed by atoms with E-state index in [1.165, 1.54) is 6.42 Å². The van der Waals surface area contributed by atoms with Gasteiger partial charge in [0.2, 0.25) is 5.91 Å². The van der Waals surface area contributed by atoms with Crippen LogP contribution in [0.2, 0.25) is 5.02 Å². The Labute approximate surface area is 142 Å². The van der Waals surface area contributed by atoms with E-state index in [1.54, 1.807) is 6.07 Å². The summed E-state index contributed by atoms with van der Waals surface area (Å²) in [6.07, 6.45) is 5.07. The second kappa shape index (κ2) is 6.80. The lowest BCUT2D eigenvalue weighted by Gasteiger charge is -2.47. The van der Waals surface area contributed by atoms with Gasteiger partial charge in [0.25, 0.3) is 0 Å². The zero-order valence-corrected chi connectivity index (χ0v) is 14.4. The summed E-state index contributed by atoms with van der Waals surface area (Å²) >= 11 is 6.16. The second-order valence-corrected chi connectivity index (χ2v) is 7.42. The van der Waals surface area contributed by atoms with Gasteiger partial charge in [-0.25, -0.2) is 0 Å². The molecule has 4 nitrogen and oxygen atoms in total. The van der Waals surface area contributed by atoms with Crippen molar-refractivity contribution in [1.82, 2.24) is 4.90 Å². The SMILES string of the molecule is Cc1cccc(Cl)c1NC(=O)CN1CCC2(O)CCCCC2C1. The maximum Gasteiger partial charge on any atom is 0.238 e. The van der Waals surface area contributed by atoms with E-state index in [0.717, 1.165) is 44.3 Å². The fourth-order valence-corrected chi connectivity index (χ4v) is 4.22. The van der Waals surface area contributed by atoms with Crippen molar-refractivity contribution < 1.29 is 9.90 Å². The van der Waals surface area contributed by atoms with Gasteiger partial charge >= 0.3 is 0 Å². The Bertz CT molecular complexity index is 572. The highest BCUT2D eigenvalue weighted by Gasteiger charge is 2.42. The molecule has 1 aliphatic heterocycles. The molecule has 1 saturated heterocycles. The fraction of sp³-hybridized carbons (Fsp3) is 0.611. The Hall–Kier alpha value is -1.10. The van der Waals surface area contributed by atoms with E-state index >= 15 is 0 Å². The van der Waals surface area contributed by atoms with E-state index < -0.39 is 5.60 Å². The molecule has 2 N–H and O–H groups in total. The van der Waals surface area contributed by atoms with E-state index in [4.69, 9.17) is 11.6 Å². The summed E-state index contributed by atoms with van der Waals surface area (Å²) in [5, 5.41) is 14.2. The first kappa shape index (κ1) is 16.7. The highest BCUT2D eigenvalue weighted by molar-refractivity contribution is 6.33. The maximum atomic E-state index is 12.4. The summed E-state index contributed by atoms with van der Waals surface area (Å²) in [5.74, 6) is 0.266. The molecule has 1 heterocycles. The molecule has 1 aliphatic carbocycles. The van der Waals surface area contributed by atoms with Crippen molar-refractivity contribution in [2.45, 2.75) is 44.6 Å². The van der Waals surface area contributed by atoms with E-state index in [9.17, 15) is 9.90 Å². The first-order chi connectivity index (χ1) is 11.0. The normalized spacial score (nSPS) is 28.2. The number of fused-ring (bicyclic) bond motifs is 1. The van der Waals surface area contributed by atoms with Gasteiger partial charge in [0.1, 0.15) is 0 Å². The van der Waals surface area contributed by atoms with Gasteiger partial charge in [0.05, 0.1) is 22.9 Å². The van der Waals surface area contributed by atoms with Gasteiger partial charge in [0.15, 0.2) is 0 Å². The number of carbonyl (C=O) groups is 1. The highest BCUT2D eigenvalue weighted by Crippen LogP contribution is 2.39. The molecule has 0 aromatic heterocycles. The third-order valence-corrected chi connectivity index (χ3v) is 5.68. The number of hydrogen-bond donors (Lipinski definition) is 2. The van der Waals surface area contributed by atoms with E-state index in [1.807, 2.05) is 19.1 Å². The van der Waals surface area contributed by atoms with Crippen LogP contribution in [0.3, 0.4) is 0 Å². The summed E-state index contributed by atoms with van der Waals surface area (Å²) in [6.45, 7) is 3.88. The Balaban J connectivity index is 1.58. The van der Waals surface area contributed by atoms with Crippen molar-refractivity contribution in [3.63, 3.8) is 0 Å². The predicted molar refractivity (Wildman–Crippen MR) is 92.8 cm³/mol. The number of amides is 1. The standard InChI is InChI=1S/C18H25ClN2O2/c1-13-5-4-7-15(19)17(13)20-16(22)12-21-10-9-18(23)8-3-2-6-14(18)11-21/h4-5,7,14,23H,2-3,6,8-12H2,1H3,(H,20,22). The number of aryl methyl sites for hydroxylation is 1. The molecule has 5 heteroatoms. The molecule has 126 valence electrons. The summed E-state index contributed by atoms with van der Waals surface area (Å²) in [4.78, 5) is 14.5. The van der Waals surface area contributed by atoms with Gasteiger partial charge in [-0.05, 0) is 37.8 Å². The van der Waals surface area contributed by atoms with Gasteiger partial charge < -0.3 is 10.4 Å². The largest absolute Gasteiger partial charge is 0.390 e. The average molecular weight is 337 g/mol. The Morgan fingerprint density at radius 2 is 2.26 bits per heavy atom. The first-order valence-electron chi connectivity index (χ1n) is 8.48. The van der Waals surface area contributed by atoms with E-state index in [2.05, 4.69) is 10.2 Å². The van der Waals surface area contributed by atoms with Crippen LogP contribution >= 0.6 is 11.6 Å². The molecule has 2 fully saturated rings. The lowest BCUT2D eigenvalue weighted by molar-refractivity contribution is -0.123. The number of halogens is 1. The molecule has 1 aromatic rings. The molecule has 1 aromatic carbocycles. The van der Waals surface area contributed by atoms with Crippen LogP contribution < -0.4 is 5.32 Å². The number of anilines is 1. The van der Waals surface area contributed by atoms with Crippen LogP contribution in [0, 0.1) is 12.8 Å². The zero-order valence-electron chi connectivity index (χ0n) is 13.6. The number of para-hydroxylation sites is 1. The molecule has 23 heavy (non-hydrogen) atoms. The maximum absolute atomic E-state index is 12.4. The molecule has 2 aliphatic rings. The van der Waals surface area contributed by atoms with Crippen LogP contribution in [0.15, 0.2) is 18.2 Å². The molecule has 0 spiro atoms. The summed E-state index contributed by atoms with van der Waals surface area (Å²) in [7, 11) is 0. The lowest BCUT2D eigenvalue weighted by Crippen LogP contribution is -2.54. The van der Waals surface area contributed by atoms with Crippen molar-refractivity contribution >= 4 is 23.2 Å². The number of rotatable bonds is 3. The van der Waals surface area contributed by atoms with Crippen LogP contribution in [-0.2, 0) is 4.79 Å². The molecule has 2 atom stereocenters. The number of nitrogens with zero attached hydrogens (tertiary/aromatic N) is 1. The second-order valence-electron chi connectivity index (χ2n) is 7.01. The van der Waals surface area contributed by atoms with Crippen LogP contribution in [0.25, 0.3) is 0 Å². The van der Waals surface area contributed by atoms with Gasteiger partial charge in [-0.1, -0.05) is 36.6 Å². The minimum Gasteiger partial charge on any atom is -0.390 e. The molecular weight excluding hydrogens is 312 g/mol. The van der Waals surface area contributed by atoms with E-state index in [0.29, 0.717) is 23.2 Å². The van der Waals surface area contributed by atoms with Crippen LogP contribution in [-0.4, -0.2) is 41.1 Å². The van der Waals surface area contributed by atoms with Crippen molar-refractivity contribution in [2.75, 3.05) is 25.0 Å². The average Bonchev–Trinajstić information content (AvgIpc) is 2.51. The number of piperidine rings is 1. The predicted octanol–water partition coefficient (Wildman–Crippen LogP) is 3.21. The molecule has 0 bridgehead atoms. The lowest BCUT2D eigenvalue weighted by atomic mass is 9.71. The fourth-order valence-electron chi connectivity index (χ4n) is 3.96. The Kier molecular flexibility index (Phi) is 4.95. The summed E-state index contributed by atoms with van der Waals surface area (Å²) in [6, 6.07) is 5.60. The Morgan fingerprint density at radius 1 is 1.43 bits per heavy atom. The first-order valence-corrected chi connectivity index (χ1v) is 8.85. The number of carbonyl (C=O) groups excluding carboxylic acids is 1. The smallest absolute Gasteiger partial charge is 0.238 e. The molecular formula is C18H25ClN2O2. The number of likely N-dealkylation sites (tertiary alicyclic amines) is 1. The van der Waals surface area contributed by atoms with Crippen LogP contribution in [0.1, 0.15) is 37.7 Å². The summed E-state index contributed by atoms with van der Waals surface area (Å²) < 4.78 is 0. The van der Waals surface area contributed by atoms with Crippen LogP contribution in [0.4, 0.5) is 5.69 Å². The van der Waals surface area contributed by atoms with Gasteiger partial charge in [0, 0.05) is 19.0 Å². The third kappa shape index (κ3) is 3.70. The summed E-state index contributed by atoms with van der Waals surface area (Å²) in [5.41, 5.74) is 1.17. The number of nitrogens with one attached hydrogen (secondary N) is 1.